The Morgan fingerprint density at radius 2 is 1.76 bits per heavy atom. The van der Waals surface area contributed by atoms with Gasteiger partial charge >= 0.3 is 5.97 Å². The van der Waals surface area contributed by atoms with Crippen LogP contribution in [-0.4, -0.2) is 35.4 Å². The van der Waals surface area contributed by atoms with E-state index in [1.807, 2.05) is 18.4 Å². The van der Waals surface area contributed by atoms with Gasteiger partial charge in [0.1, 0.15) is 11.8 Å². The Kier molecular flexibility index (Phi) is 6.55. The van der Waals surface area contributed by atoms with Gasteiger partial charge in [-0.05, 0) is 43.4 Å². The first-order valence-electron chi connectivity index (χ1n) is 6.69. The molecule has 1 rings (SSSR count). The Morgan fingerprint density at radius 1 is 1.19 bits per heavy atom. The lowest BCUT2D eigenvalue weighted by molar-refractivity contribution is -0.144. The second kappa shape index (κ2) is 7.93. The Hall–Kier alpha value is -1.69. The molecular formula is C15H21NO4S. The summed E-state index contributed by atoms with van der Waals surface area (Å²) < 4.78 is 5.52. The van der Waals surface area contributed by atoms with Crippen molar-refractivity contribution in [1.29, 1.82) is 0 Å². The van der Waals surface area contributed by atoms with Crippen molar-refractivity contribution in [3.05, 3.63) is 24.3 Å². The quantitative estimate of drug-likeness (QED) is 0.756. The molecule has 0 aliphatic heterocycles. The van der Waals surface area contributed by atoms with Crippen LogP contribution in [0.2, 0.25) is 0 Å². The second-order valence-corrected chi connectivity index (χ2v) is 5.88. The highest BCUT2D eigenvalue weighted by atomic mass is 32.2. The summed E-state index contributed by atoms with van der Waals surface area (Å²) >= 11 is 1.62. The maximum atomic E-state index is 12.0. The molecule has 21 heavy (non-hydrogen) atoms. The molecule has 1 aromatic rings. The van der Waals surface area contributed by atoms with Gasteiger partial charge in [-0.3, -0.25) is 4.79 Å². The number of hydrogen-bond acceptors (Lipinski definition) is 4. The van der Waals surface area contributed by atoms with Gasteiger partial charge in [0.05, 0.1) is 0 Å². The summed E-state index contributed by atoms with van der Waals surface area (Å²) in [6, 6.07) is 6.46. The van der Waals surface area contributed by atoms with Gasteiger partial charge in [0, 0.05) is 4.90 Å². The first kappa shape index (κ1) is 17.4. The maximum absolute atomic E-state index is 12.0. The van der Waals surface area contributed by atoms with Crippen molar-refractivity contribution in [3.8, 4) is 5.75 Å². The number of carbonyl (C=O) groups is 2. The van der Waals surface area contributed by atoms with Gasteiger partial charge in [-0.2, -0.15) is 0 Å². The van der Waals surface area contributed by atoms with Gasteiger partial charge in [-0.25, -0.2) is 4.79 Å². The molecule has 116 valence electrons. The Labute approximate surface area is 129 Å². The number of carboxylic acids is 1. The van der Waals surface area contributed by atoms with Gasteiger partial charge < -0.3 is 15.2 Å². The summed E-state index contributed by atoms with van der Waals surface area (Å²) in [5.41, 5.74) is 0. The van der Waals surface area contributed by atoms with E-state index in [1.165, 1.54) is 0 Å². The van der Waals surface area contributed by atoms with Crippen LogP contribution in [0.5, 0.6) is 5.75 Å². The van der Waals surface area contributed by atoms with Gasteiger partial charge in [-0.15, -0.1) is 11.8 Å². The van der Waals surface area contributed by atoms with E-state index in [2.05, 4.69) is 5.32 Å². The van der Waals surface area contributed by atoms with Gasteiger partial charge in [0.15, 0.2) is 6.10 Å². The molecule has 1 unspecified atom stereocenters. The molecule has 0 bridgehead atoms. The minimum absolute atomic E-state index is 0.195. The number of rotatable bonds is 7. The summed E-state index contributed by atoms with van der Waals surface area (Å²) in [6.07, 6.45) is 1.22. The van der Waals surface area contributed by atoms with Crippen LogP contribution >= 0.6 is 11.8 Å². The zero-order valence-electron chi connectivity index (χ0n) is 12.6. The Balaban J connectivity index is 2.63. The molecule has 0 heterocycles. The summed E-state index contributed by atoms with van der Waals surface area (Å²) in [6.45, 7) is 5.08. The van der Waals surface area contributed by atoms with E-state index in [9.17, 15) is 9.59 Å². The summed E-state index contributed by atoms with van der Waals surface area (Å²) in [5.74, 6) is -1.11. The third kappa shape index (κ3) is 5.30. The maximum Gasteiger partial charge on any atom is 0.326 e. The number of hydrogen-bond donors (Lipinski definition) is 2. The minimum Gasteiger partial charge on any atom is -0.481 e. The molecule has 0 spiro atoms. The van der Waals surface area contributed by atoms with E-state index in [0.29, 0.717) is 5.75 Å². The minimum atomic E-state index is -1.05. The molecule has 0 aliphatic rings. The molecule has 5 nitrogen and oxygen atoms in total. The molecule has 0 saturated heterocycles. The van der Waals surface area contributed by atoms with Crippen LogP contribution in [0.4, 0.5) is 0 Å². The zero-order chi connectivity index (χ0) is 16.0. The zero-order valence-corrected chi connectivity index (χ0v) is 13.4. The molecule has 0 aromatic heterocycles. The fraction of sp³-hybridized carbons (Fsp3) is 0.467. The molecule has 1 amide bonds. The molecule has 0 saturated carbocycles. The molecule has 6 heteroatoms. The van der Waals surface area contributed by atoms with Crippen molar-refractivity contribution < 1.29 is 19.4 Å². The van der Waals surface area contributed by atoms with E-state index in [4.69, 9.17) is 9.84 Å². The fourth-order valence-electron chi connectivity index (χ4n) is 1.70. The first-order valence-corrected chi connectivity index (χ1v) is 7.91. The Morgan fingerprint density at radius 3 is 2.19 bits per heavy atom. The van der Waals surface area contributed by atoms with Gasteiger partial charge in [0.25, 0.3) is 5.91 Å². The van der Waals surface area contributed by atoms with Crippen molar-refractivity contribution >= 4 is 23.6 Å². The Bertz CT molecular complexity index is 487. The number of carboxylic acid groups (broad SMARTS) is 1. The predicted molar refractivity (Wildman–Crippen MR) is 82.7 cm³/mol. The molecule has 2 atom stereocenters. The number of carbonyl (C=O) groups excluding carboxylic acids is 1. The normalized spacial score (nSPS) is 13.6. The average molecular weight is 311 g/mol. The number of ether oxygens (including phenoxy) is 1. The van der Waals surface area contributed by atoms with Gasteiger partial charge in [-0.1, -0.05) is 13.8 Å². The van der Waals surface area contributed by atoms with Crippen LogP contribution in [0.1, 0.15) is 20.8 Å². The van der Waals surface area contributed by atoms with Crippen LogP contribution in [0.15, 0.2) is 29.2 Å². The third-order valence-corrected chi connectivity index (χ3v) is 3.72. The first-order chi connectivity index (χ1) is 9.85. The van der Waals surface area contributed by atoms with Crippen molar-refractivity contribution in [2.45, 2.75) is 37.8 Å². The predicted octanol–water partition coefficient (Wildman–Crippen LogP) is 2.40. The lowest BCUT2D eigenvalue weighted by atomic mass is 10.0. The van der Waals surface area contributed by atoms with Crippen LogP contribution in [0.25, 0.3) is 0 Å². The number of benzene rings is 1. The topological polar surface area (TPSA) is 75.6 Å². The monoisotopic (exact) mass is 311 g/mol. The van der Waals surface area contributed by atoms with E-state index in [-0.39, 0.29) is 5.92 Å². The van der Waals surface area contributed by atoms with Gasteiger partial charge in [0.2, 0.25) is 0 Å². The highest BCUT2D eigenvalue weighted by Gasteiger charge is 2.26. The standard InChI is InChI=1S/C15H21NO4S/c1-9(2)13(15(18)19)16-14(17)10(3)20-11-5-7-12(21-4)8-6-11/h5-10,13H,1-4H3,(H,16,17)(H,18,19)/t10?,13-/m1/s1. The molecule has 0 aliphatic carbocycles. The van der Waals surface area contributed by atoms with Crippen molar-refractivity contribution in [2.75, 3.05) is 6.26 Å². The van der Waals surface area contributed by atoms with E-state index >= 15 is 0 Å². The van der Waals surface area contributed by atoms with Crippen molar-refractivity contribution in [2.24, 2.45) is 5.92 Å². The fourth-order valence-corrected chi connectivity index (χ4v) is 2.10. The van der Waals surface area contributed by atoms with Crippen LogP contribution in [0.3, 0.4) is 0 Å². The summed E-state index contributed by atoms with van der Waals surface area (Å²) in [5, 5.41) is 11.6. The van der Waals surface area contributed by atoms with E-state index < -0.39 is 24.0 Å². The number of aliphatic carboxylic acids is 1. The highest BCUT2D eigenvalue weighted by molar-refractivity contribution is 7.98. The third-order valence-electron chi connectivity index (χ3n) is 2.97. The number of nitrogens with one attached hydrogen (secondary N) is 1. The van der Waals surface area contributed by atoms with Crippen molar-refractivity contribution in [1.82, 2.24) is 5.32 Å². The largest absolute Gasteiger partial charge is 0.481 e. The van der Waals surface area contributed by atoms with Crippen molar-refractivity contribution in [3.63, 3.8) is 0 Å². The molecule has 1 aromatic carbocycles. The summed E-state index contributed by atoms with van der Waals surface area (Å²) in [7, 11) is 0. The molecular weight excluding hydrogens is 290 g/mol. The number of amides is 1. The summed E-state index contributed by atoms with van der Waals surface area (Å²) in [4.78, 5) is 24.2. The smallest absolute Gasteiger partial charge is 0.326 e. The molecule has 2 N–H and O–H groups in total. The average Bonchev–Trinajstić information content (AvgIpc) is 2.44. The van der Waals surface area contributed by atoms with Crippen LogP contribution < -0.4 is 10.1 Å². The highest BCUT2D eigenvalue weighted by Crippen LogP contribution is 2.19. The van der Waals surface area contributed by atoms with E-state index in [0.717, 1.165) is 4.90 Å². The van der Waals surface area contributed by atoms with Crippen LogP contribution in [0, 0.1) is 5.92 Å². The molecule has 0 fully saturated rings. The number of thioether (sulfide) groups is 1. The lowest BCUT2D eigenvalue weighted by Crippen LogP contribution is -2.48. The second-order valence-electron chi connectivity index (χ2n) is 5.00. The van der Waals surface area contributed by atoms with Crippen LogP contribution in [-0.2, 0) is 9.59 Å². The lowest BCUT2D eigenvalue weighted by Gasteiger charge is -2.21. The SMILES string of the molecule is CSc1ccc(OC(C)C(=O)N[C@@H](C(=O)O)C(C)C)cc1. The molecule has 0 radical (unpaired) electrons. The van der Waals surface area contributed by atoms with E-state index in [1.54, 1.807) is 44.7 Å².